The molecule has 0 atom stereocenters. The van der Waals surface area contributed by atoms with Gasteiger partial charge in [0.15, 0.2) is 11.6 Å². The lowest BCUT2D eigenvalue weighted by molar-refractivity contribution is 0.0588. The van der Waals surface area contributed by atoms with E-state index in [1.165, 1.54) is 7.11 Å². The van der Waals surface area contributed by atoms with Crippen molar-refractivity contribution < 1.29 is 23.0 Å². The summed E-state index contributed by atoms with van der Waals surface area (Å²) in [5.74, 6) is -3.42. The lowest BCUT2D eigenvalue weighted by Crippen LogP contribution is -2.09. The number of ether oxygens (including phenoxy) is 2. The van der Waals surface area contributed by atoms with E-state index >= 15 is 0 Å². The van der Waals surface area contributed by atoms with Gasteiger partial charge in [-0.15, -0.1) is 0 Å². The van der Waals surface area contributed by atoms with Crippen molar-refractivity contribution in [2.75, 3.05) is 14.2 Å². The average Bonchev–Trinajstić information content (AvgIpc) is 2.17. The van der Waals surface area contributed by atoms with Gasteiger partial charge in [-0.25, -0.2) is 13.6 Å². The van der Waals surface area contributed by atoms with Crippen molar-refractivity contribution in [3.63, 3.8) is 0 Å². The fourth-order valence-corrected chi connectivity index (χ4v) is 1.59. The van der Waals surface area contributed by atoms with Gasteiger partial charge in [-0.2, -0.15) is 0 Å². The van der Waals surface area contributed by atoms with E-state index < -0.39 is 23.2 Å². The van der Waals surface area contributed by atoms with Gasteiger partial charge in [-0.05, 0) is 22.0 Å². The van der Waals surface area contributed by atoms with E-state index in [0.717, 1.165) is 13.2 Å². The summed E-state index contributed by atoms with van der Waals surface area (Å²) in [6.07, 6.45) is 0. The van der Waals surface area contributed by atoms with Crippen LogP contribution in [0, 0.1) is 11.6 Å². The molecule has 0 amide bonds. The number of esters is 1. The van der Waals surface area contributed by atoms with Gasteiger partial charge in [0.2, 0.25) is 0 Å². The van der Waals surface area contributed by atoms with Crippen LogP contribution in [0.4, 0.5) is 8.78 Å². The van der Waals surface area contributed by atoms with Crippen LogP contribution in [0.5, 0.6) is 5.75 Å². The summed E-state index contributed by atoms with van der Waals surface area (Å²) in [5, 5.41) is 0. The molecule has 0 aliphatic rings. The standard InChI is InChI=1S/C9H7BrF2O3/c1-14-8-4(10)3-5(11)6(7(8)12)9(13)15-2/h3H,1-2H3. The normalized spacial score (nSPS) is 9.93. The van der Waals surface area contributed by atoms with Gasteiger partial charge in [0, 0.05) is 0 Å². The molecular formula is C9H7BrF2O3. The van der Waals surface area contributed by atoms with Crippen molar-refractivity contribution in [2.24, 2.45) is 0 Å². The lowest BCUT2D eigenvalue weighted by atomic mass is 10.2. The van der Waals surface area contributed by atoms with Crippen molar-refractivity contribution >= 4 is 21.9 Å². The molecule has 0 N–H and O–H groups in total. The first-order valence-electron chi connectivity index (χ1n) is 3.82. The second-order valence-corrected chi connectivity index (χ2v) is 3.41. The molecule has 0 aromatic heterocycles. The number of halogens is 3. The lowest BCUT2D eigenvalue weighted by Gasteiger charge is -2.09. The number of benzene rings is 1. The predicted octanol–water partition coefficient (Wildman–Crippen LogP) is 2.52. The van der Waals surface area contributed by atoms with Crippen molar-refractivity contribution in [3.05, 3.63) is 27.7 Å². The number of rotatable bonds is 2. The summed E-state index contributed by atoms with van der Waals surface area (Å²) in [6, 6.07) is 0.939. The second-order valence-electron chi connectivity index (χ2n) is 2.55. The number of hydrogen-bond acceptors (Lipinski definition) is 3. The molecule has 0 unspecified atom stereocenters. The summed E-state index contributed by atoms with van der Waals surface area (Å²) < 4.78 is 35.8. The molecule has 6 heteroatoms. The molecule has 0 bridgehead atoms. The maximum absolute atomic E-state index is 13.5. The molecule has 0 aliphatic carbocycles. The first kappa shape index (κ1) is 11.9. The van der Waals surface area contributed by atoms with Crippen LogP contribution in [0.1, 0.15) is 10.4 Å². The number of carbonyl (C=O) groups is 1. The molecule has 0 saturated heterocycles. The smallest absolute Gasteiger partial charge is 0.344 e. The Morgan fingerprint density at radius 2 is 2.00 bits per heavy atom. The molecular weight excluding hydrogens is 274 g/mol. The highest BCUT2D eigenvalue weighted by atomic mass is 79.9. The summed E-state index contributed by atoms with van der Waals surface area (Å²) in [7, 11) is 2.25. The Bertz CT molecular complexity index is 407. The number of methoxy groups -OCH3 is 2. The minimum absolute atomic E-state index is 0.0904. The molecule has 1 aromatic carbocycles. The Balaban J connectivity index is 3.45. The third-order valence-corrected chi connectivity index (χ3v) is 2.31. The van der Waals surface area contributed by atoms with Crippen molar-refractivity contribution in [2.45, 2.75) is 0 Å². The van der Waals surface area contributed by atoms with E-state index in [0.29, 0.717) is 0 Å². The maximum Gasteiger partial charge on any atom is 0.344 e. The van der Waals surface area contributed by atoms with E-state index in [1.54, 1.807) is 0 Å². The Morgan fingerprint density at radius 3 is 2.47 bits per heavy atom. The molecule has 0 heterocycles. The van der Waals surface area contributed by atoms with Crippen LogP contribution in [-0.2, 0) is 4.74 Å². The average molecular weight is 281 g/mol. The molecule has 0 spiro atoms. The summed E-state index contributed by atoms with van der Waals surface area (Å²) >= 11 is 2.91. The Hall–Kier alpha value is -1.17. The van der Waals surface area contributed by atoms with Crippen LogP contribution in [0.3, 0.4) is 0 Å². The largest absolute Gasteiger partial charge is 0.492 e. The van der Waals surface area contributed by atoms with Crippen molar-refractivity contribution in [3.8, 4) is 5.75 Å². The topological polar surface area (TPSA) is 35.5 Å². The van der Waals surface area contributed by atoms with Crippen LogP contribution in [-0.4, -0.2) is 20.2 Å². The Labute approximate surface area is 93.1 Å². The van der Waals surface area contributed by atoms with Crippen LogP contribution in [0.15, 0.2) is 10.5 Å². The van der Waals surface area contributed by atoms with Crippen LogP contribution in [0.2, 0.25) is 0 Å². The molecule has 0 fully saturated rings. The fourth-order valence-electron chi connectivity index (χ4n) is 1.05. The van der Waals surface area contributed by atoms with Gasteiger partial charge in [-0.3, -0.25) is 0 Å². The minimum atomic E-state index is -1.09. The fraction of sp³-hybridized carbons (Fsp3) is 0.222. The molecule has 0 saturated carbocycles. The zero-order valence-corrected chi connectivity index (χ0v) is 9.52. The highest BCUT2D eigenvalue weighted by Crippen LogP contribution is 2.32. The third kappa shape index (κ3) is 2.09. The number of hydrogen-bond donors (Lipinski definition) is 0. The van der Waals surface area contributed by atoms with E-state index in [2.05, 4.69) is 25.4 Å². The van der Waals surface area contributed by atoms with Gasteiger partial charge in [0.05, 0.1) is 18.7 Å². The van der Waals surface area contributed by atoms with Crippen LogP contribution >= 0.6 is 15.9 Å². The first-order valence-corrected chi connectivity index (χ1v) is 4.62. The van der Waals surface area contributed by atoms with E-state index in [-0.39, 0.29) is 10.2 Å². The quantitative estimate of drug-likeness (QED) is 0.781. The predicted molar refractivity (Wildman–Crippen MR) is 51.9 cm³/mol. The van der Waals surface area contributed by atoms with Crippen molar-refractivity contribution in [1.29, 1.82) is 0 Å². The zero-order chi connectivity index (χ0) is 11.6. The molecule has 1 rings (SSSR count). The van der Waals surface area contributed by atoms with Crippen LogP contribution < -0.4 is 4.74 Å². The van der Waals surface area contributed by atoms with Gasteiger partial charge in [0.1, 0.15) is 11.4 Å². The zero-order valence-electron chi connectivity index (χ0n) is 7.94. The van der Waals surface area contributed by atoms with Gasteiger partial charge >= 0.3 is 5.97 Å². The highest BCUT2D eigenvalue weighted by Gasteiger charge is 2.24. The van der Waals surface area contributed by atoms with Crippen molar-refractivity contribution in [1.82, 2.24) is 0 Å². The SMILES string of the molecule is COC(=O)c1c(F)cc(Br)c(OC)c1F. The number of carbonyl (C=O) groups excluding carboxylic acids is 1. The monoisotopic (exact) mass is 280 g/mol. The Kier molecular flexibility index (Phi) is 3.62. The summed E-state index contributed by atoms with van der Waals surface area (Å²) in [4.78, 5) is 11.1. The van der Waals surface area contributed by atoms with Crippen LogP contribution in [0.25, 0.3) is 0 Å². The minimum Gasteiger partial charge on any atom is -0.492 e. The maximum atomic E-state index is 13.5. The molecule has 3 nitrogen and oxygen atoms in total. The highest BCUT2D eigenvalue weighted by molar-refractivity contribution is 9.10. The van der Waals surface area contributed by atoms with Gasteiger partial charge in [0.25, 0.3) is 0 Å². The summed E-state index contributed by atoms with van der Waals surface area (Å²) in [5.41, 5.74) is -0.766. The molecule has 0 radical (unpaired) electrons. The molecule has 0 aliphatic heterocycles. The van der Waals surface area contributed by atoms with E-state index in [9.17, 15) is 13.6 Å². The van der Waals surface area contributed by atoms with E-state index in [4.69, 9.17) is 0 Å². The van der Waals surface area contributed by atoms with Gasteiger partial charge in [-0.1, -0.05) is 0 Å². The molecule has 15 heavy (non-hydrogen) atoms. The second kappa shape index (κ2) is 4.57. The van der Waals surface area contributed by atoms with E-state index in [1.807, 2.05) is 0 Å². The molecule has 1 aromatic rings. The first-order chi connectivity index (χ1) is 7.02. The molecule has 82 valence electrons. The third-order valence-electron chi connectivity index (χ3n) is 1.72. The summed E-state index contributed by atoms with van der Waals surface area (Å²) in [6.45, 7) is 0. The van der Waals surface area contributed by atoms with Gasteiger partial charge < -0.3 is 9.47 Å². The Morgan fingerprint density at radius 1 is 1.40 bits per heavy atom.